The summed E-state index contributed by atoms with van der Waals surface area (Å²) in [6.07, 6.45) is 4.67. The fraction of sp³-hybridized carbons (Fsp3) is 0.600. The highest BCUT2D eigenvalue weighted by molar-refractivity contribution is 5.56. The van der Waals surface area contributed by atoms with E-state index in [1.54, 1.807) is 12.4 Å². The van der Waals surface area contributed by atoms with E-state index < -0.39 is 0 Å². The van der Waals surface area contributed by atoms with Gasteiger partial charge in [-0.3, -0.25) is 0 Å². The molecule has 0 bridgehead atoms. The fourth-order valence-corrected chi connectivity index (χ4v) is 1.31. The number of rotatable bonds is 5. The Labute approximate surface area is 89.7 Å². The van der Waals surface area contributed by atoms with Crippen LogP contribution >= 0.6 is 0 Å². The van der Waals surface area contributed by atoms with Crippen molar-refractivity contribution in [3.63, 3.8) is 0 Å². The second-order valence-corrected chi connectivity index (χ2v) is 3.80. The average molecular weight is 210 g/mol. The topological polar surface area (TPSA) is 84.1 Å². The molecule has 0 radical (unpaired) electrons. The summed E-state index contributed by atoms with van der Waals surface area (Å²) in [5.41, 5.74) is 5.48. The van der Waals surface area contributed by atoms with E-state index in [0.717, 1.165) is 6.42 Å². The van der Waals surface area contributed by atoms with Crippen molar-refractivity contribution in [1.82, 2.24) is 9.97 Å². The van der Waals surface area contributed by atoms with E-state index >= 15 is 0 Å². The zero-order valence-electron chi connectivity index (χ0n) is 9.20. The predicted molar refractivity (Wildman–Crippen MR) is 60.5 cm³/mol. The van der Waals surface area contributed by atoms with E-state index in [0.29, 0.717) is 18.1 Å². The maximum absolute atomic E-state index is 8.97. The van der Waals surface area contributed by atoms with Gasteiger partial charge in [-0.25, -0.2) is 9.97 Å². The van der Waals surface area contributed by atoms with E-state index in [-0.39, 0.29) is 12.1 Å². The number of aliphatic hydroxyl groups excluding tert-OH is 1. The molecule has 5 heteroatoms. The molecule has 84 valence electrons. The minimum atomic E-state index is -0.196. The van der Waals surface area contributed by atoms with Gasteiger partial charge in [0.05, 0.1) is 0 Å². The number of hydrogen-bond acceptors (Lipinski definition) is 5. The number of nitrogen functional groups attached to an aromatic ring is 1. The van der Waals surface area contributed by atoms with Crippen molar-refractivity contribution in [3.05, 3.63) is 12.4 Å². The summed E-state index contributed by atoms with van der Waals surface area (Å²) < 4.78 is 0. The van der Waals surface area contributed by atoms with Crippen molar-refractivity contribution < 1.29 is 5.11 Å². The number of nitrogens with zero attached hydrogens (tertiary/aromatic N) is 2. The Kier molecular flexibility index (Phi) is 3.85. The van der Waals surface area contributed by atoms with Gasteiger partial charge >= 0.3 is 0 Å². The molecule has 1 atom stereocenters. The molecule has 15 heavy (non-hydrogen) atoms. The normalized spacial score (nSPS) is 14.6. The molecule has 1 rings (SSSR count). The Morgan fingerprint density at radius 3 is 2.67 bits per heavy atom. The van der Waals surface area contributed by atoms with E-state index in [2.05, 4.69) is 22.2 Å². The lowest BCUT2D eigenvalue weighted by atomic mass is 9.95. The molecule has 0 fully saturated rings. The zero-order chi connectivity index (χ0) is 11.3. The van der Waals surface area contributed by atoms with Gasteiger partial charge in [-0.05, 0) is 19.8 Å². The summed E-state index contributed by atoms with van der Waals surface area (Å²) in [5, 5.41) is 12.2. The van der Waals surface area contributed by atoms with Crippen molar-refractivity contribution in [2.24, 2.45) is 0 Å². The quantitative estimate of drug-likeness (QED) is 0.675. The van der Waals surface area contributed by atoms with Crippen LogP contribution in [-0.2, 0) is 0 Å². The van der Waals surface area contributed by atoms with Crippen LogP contribution in [0.5, 0.6) is 0 Å². The van der Waals surface area contributed by atoms with Crippen LogP contribution in [0.3, 0.4) is 0 Å². The number of aliphatic hydroxyl groups is 1. The molecule has 0 amide bonds. The van der Waals surface area contributed by atoms with Crippen molar-refractivity contribution in [3.8, 4) is 0 Å². The molecular weight excluding hydrogens is 192 g/mol. The number of aromatic nitrogens is 2. The molecule has 0 saturated heterocycles. The second kappa shape index (κ2) is 4.93. The maximum Gasteiger partial charge on any atom is 0.169 e. The van der Waals surface area contributed by atoms with Gasteiger partial charge in [0.15, 0.2) is 11.6 Å². The monoisotopic (exact) mass is 210 g/mol. The first-order chi connectivity index (χ1) is 7.11. The van der Waals surface area contributed by atoms with Gasteiger partial charge in [0.2, 0.25) is 0 Å². The van der Waals surface area contributed by atoms with Gasteiger partial charge in [0, 0.05) is 24.5 Å². The average Bonchev–Trinajstić information content (AvgIpc) is 2.22. The number of nitrogens with one attached hydrogen (secondary N) is 1. The maximum atomic E-state index is 8.97. The van der Waals surface area contributed by atoms with E-state index in [9.17, 15) is 0 Å². The van der Waals surface area contributed by atoms with Crippen LogP contribution in [0.1, 0.15) is 26.7 Å². The molecule has 1 aromatic rings. The van der Waals surface area contributed by atoms with E-state index in [1.165, 1.54) is 0 Å². The van der Waals surface area contributed by atoms with Gasteiger partial charge in [-0.15, -0.1) is 0 Å². The Bertz CT molecular complexity index is 318. The zero-order valence-corrected chi connectivity index (χ0v) is 9.20. The number of hydrogen-bond donors (Lipinski definition) is 3. The van der Waals surface area contributed by atoms with Gasteiger partial charge < -0.3 is 16.2 Å². The second-order valence-electron chi connectivity index (χ2n) is 3.80. The Hall–Kier alpha value is -1.36. The predicted octanol–water partition coefficient (Wildman–Crippen LogP) is 1.02. The minimum absolute atomic E-state index is 0.136. The van der Waals surface area contributed by atoms with Crippen LogP contribution in [0.25, 0.3) is 0 Å². The summed E-state index contributed by atoms with van der Waals surface area (Å²) >= 11 is 0. The molecule has 0 aromatic carbocycles. The summed E-state index contributed by atoms with van der Waals surface area (Å²) in [6.45, 7) is 4.21. The highest BCUT2D eigenvalue weighted by atomic mass is 16.3. The Morgan fingerprint density at radius 1 is 1.47 bits per heavy atom. The fourth-order valence-electron chi connectivity index (χ4n) is 1.31. The summed E-state index contributed by atoms with van der Waals surface area (Å²) in [6, 6.07) is 0. The van der Waals surface area contributed by atoms with E-state index in [1.807, 2.05) is 6.92 Å². The lowest BCUT2D eigenvalue weighted by Gasteiger charge is -2.29. The van der Waals surface area contributed by atoms with Crippen molar-refractivity contribution >= 4 is 11.6 Å². The first-order valence-corrected chi connectivity index (χ1v) is 5.07. The summed E-state index contributed by atoms with van der Waals surface area (Å²) in [4.78, 5) is 8.06. The van der Waals surface area contributed by atoms with Gasteiger partial charge in [0.1, 0.15) is 0 Å². The molecule has 4 N–H and O–H groups in total. The van der Waals surface area contributed by atoms with Crippen molar-refractivity contribution in [2.45, 2.75) is 32.2 Å². The minimum Gasteiger partial charge on any atom is -0.396 e. The molecule has 0 aliphatic rings. The lowest BCUT2D eigenvalue weighted by molar-refractivity contribution is 0.252. The standard InChI is InChI=1S/C10H18N4O/c1-3-10(2,4-7-15)14-9-8(11)12-5-6-13-9/h5-6,15H,3-4,7H2,1-2H3,(H2,11,12)(H,13,14). The first-order valence-electron chi connectivity index (χ1n) is 5.07. The summed E-state index contributed by atoms with van der Waals surface area (Å²) in [7, 11) is 0. The molecule has 1 aromatic heterocycles. The number of nitrogens with two attached hydrogens (primary N) is 1. The van der Waals surface area contributed by atoms with E-state index in [4.69, 9.17) is 10.8 Å². The lowest BCUT2D eigenvalue weighted by Crippen LogP contribution is -2.35. The third kappa shape index (κ3) is 3.06. The highest BCUT2D eigenvalue weighted by Gasteiger charge is 2.22. The Balaban J connectivity index is 2.79. The van der Waals surface area contributed by atoms with Crippen molar-refractivity contribution in [2.75, 3.05) is 17.7 Å². The van der Waals surface area contributed by atoms with Crippen LogP contribution in [0, 0.1) is 0 Å². The molecule has 5 nitrogen and oxygen atoms in total. The van der Waals surface area contributed by atoms with Gasteiger partial charge in [-0.1, -0.05) is 6.92 Å². The van der Waals surface area contributed by atoms with Crippen LogP contribution in [0.15, 0.2) is 12.4 Å². The smallest absolute Gasteiger partial charge is 0.169 e. The molecule has 1 unspecified atom stereocenters. The number of anilines is 2. The first kappa shape index (κ1) is 11.7. The molecular formula is C10H18N4O. The molecule has 0 spiro atoms. The largest absolute Gasteiger partial charge is 0.396 e. The van der Waals surface area contributed by atoms with Gasteiger partial charge in [0.25, 0.3) is 0 Å². The third-order valence-corrected chi connectivity index (χ3v) is 2.59. The van der Waals surface area contributed by atoms with Gasteiger partial charge in [-0.2, -0.15) is 0 Å². The molecule has 0 saturated carbocycles. The molecule has 0 aliphatic heterocycles. The van der Waals surface area contributed by atoms with Crippen LogP contribution in [0.4, 0.5) is 11.6 Å². The Morgan fingerprint density at radius 2 is 2.13 bits per heavy atom. The van der Waals surface area contributed by atoms with Crippen LogP contribution < -0.4 is 11.1 Å². The molecule has 0 aliphatic carbocycles. The van der Waals surface area contributed by atoms with Crippen molar-refractivity contribution in [1.29, 1.82) is 0 Å². The van der Waals surface area contributed by atoms with Crippen LogP contribution in [0.2, 0.25) is 0 Å². The SMILES string of the molecule is CCC(C)(CCO)Nc1nccnc1N. The molecule has 1 heterocycles. The summed E-state index contributed by atoms with van der Waals surface area (Å²) in [5.74, 6) is 0.963. The third-order valence-electron chi connectivity index (χ3n) is 2.59. The van der Waals surface area contributed by atoms with Crippen LogP contribution in [-0.4, -0.2) is 27.2 Å². The highest BCUT2D eigenvalue weighted by Crippen LogP contribution is 2.22.